The maximum atomic E-state index is 15.9. The monoisotopic (exact) mass is 911 g/mol. The van der Waals surface area contributed by atoms with Gasteiger partial charge in [0.05, 0.1) is 30.3 Å². The number of aliphatic hydroxyl groups excluding tert-OH is 2. The van der Waals surface area contributed by atoms with Gasteiger partial charge >= 0.3 is 23.3 Å². The van der Waals surface area contributed by atoms with Gasteiger partial charge in [0.2, 0.25) is 0 Å². The molecule has 0 aromatic heterocycles. The molecule has 17 heteroatoms. The van der Waals surface area contributed by atoms with Gasteiger partial charge in [0.25, 0.3) is 0 Å². The third-order valence-corrected chi connectivity index (χ3v) is 14.0. The Hall–Kier alpha value is -4.36. The van der Waals surface area contributed by atoms with Crippen molar-refractivity contribution < 1.29 is 72.5 Å². The van der Waals surface area contributed by atoms with Crippen LogP contribution in [-0.4, -0.2) is 117 Å². The summed E-state index contributed by atoms with van der Waals surface area (Å²) in [5.41, 5.74) is -7.32. The molecule has 2 saturated carbocycles. The Morgan fingerprint density at radius 1 is 0.969 bits per heavy atom. The Balaban J connectivity index is 1.56. The maximum Gasteiger partial charge on any atom is 0.408 e. The topological polar surface area (TPSA) is 223 Å². The predicted octanol–water partition coefficient (Wildman–Crippen LogP) is 5.66. The molecule has 2 aromatic carbocycles. The van der Waals surface area contributed by atoms with E-state index in [0.717, 1.165) is 11.8 Å². The molecule has 3 aliphatic carbocycles. The summed E-state index contributed by atoms with van der Waals surface area (Å²) >= 11 is 0.816. The first kappa shape index (κ1) is 49.1. The molecule has 4 N–H and O–H groups in total. The molecule has 350 valence electrons. The number of carbonyl (C=O) groups is 5. The normalized spacial score (nSPS) is 32.2. The van der Waals surface area contributed by atoms with Crippen molar-refractivity contribution in [3.05, 3.63) is 82.9 Å². The molecule has 64 heavy (non-hydrogen) atoms. The highest BCUT2D eigenvalue weighted by Crippen LogP contribution is 2.65. The summed E-state index contributed by atoms with van der Waals surface area (Å²) in [6, 6.07) is 15.2. The number of methoxy groups -OCH3 is 1. The number of ether oxygens (including phenoxy) is 7. The summed E-state index contributed by atoms with van der Waals surface area (Å²) in [5.74, 6) is -3.70. The molecule has 12 atom stereocenters. The SMILES string of the molecule is CCSC(=O)O[C@H]1C(=O)[C@]2(C)[C@@H](OC)C[C@H]3OC[C@@]3(OC(C)=O)[C@H]2[C@H](OC(O)c2ccccc2)[C@]2(O)C[C@H](OC(=O)[C@H](O)[C@@H](NC(=O)OC(C)(C)C)c3ccccc3)C(C)=C1C2(C)C. The Labute approximate surface area is 377 Å². The predicted molar refractivity (Wildman–Crippen MR) is 231 cm³/mol. The number of rotatable bonds is 12. The van der Waals surface area contributed by atoms with Crippen LogP contribution in [0.3, 0.4) is 0 Å². The standard InChI is InChI=1S/C47H61NO15S/c1-11-64-42(55)60-35-32-25(2)29(59-40(53)34(50)33(27-18-14-12-15-19-27)48-41(54)63-43(4,5)6)23-47(56,44(32,7)8)38(61-39(52)28-20-16-13-17-21-28)36-45(9,37(35)51)30(57-10)22-31-46(36,24-58-31)62-26(3)49/h12-21,29-31,33-36,38-39,50,52,56H,11,22-24H2,1-10H3,(H,48,54)/t29-,30-,31+,33-,34+,35+,36-,38-,39?,45+,46-,47+/m0/s1. The molecule has 0 spiro atoms. The first-order chi connectivity index (χ1) is 30.0. The molecule has 1 aliphatic heterocycles. The summed E-state index contributed by atoms with van der Waals surface area (Å²) in [5, 5.41) is 39.4. The minimum Gasteiger partial charge on any atom is -0.456 e. The number of esters is 2. The first-order valence-electron chi connectivity index (χ1n) is 21.4. The lowest BCUT2D eigenvalue weighted by Crippen LogP contribution is -2.82. The lowest BCUT2D eigenvalue weighted by molar-refractivity contribution is -0.362. The Morgan fingerprint density at radius 3 is 2.11 bits per heavy atom. The molecule has 1 heterocycles. The fourth-order valence-corrected chi connectivity index (χ4v) is 10.7. The van der Waals surface area contributed by atoms with Crippen LogP contribution in [0.4, 0.5) is 9.59 Å². The van der Waals surface area contributed by atoms with Crippen molar-refractivity contribution in [2.24, 2.45) is 16.7 Å². The number of aliphatic hydroxyl groups is 3. The van der Waals surface area contributed by atoms with Crippen LogP contribution in [0.1, 0.15) is 98.6 Å². The van der Waals surface area contributed by atoms with E-state index in [1.807, 2.05) is 0 Å². The summed E-state index contributed by atoms with van der Waals surface area (Å²) < 4.78 is 42.8. The third kappa shape index (κ3) is 8.84. The number of Topliss-reactive ketones (excluding diaryl/α,β-unsaturated/α-hetero) is 1. The zero-order valence-corrected chi connectivity index (χ0v) is 38.8. The lowest BCUT2D eigenvalue weighted by atomic mass is 9.44. The molecular weight excluding hydrogens is 851 g/mol. The van der Waals surface area contributed by atoms with Crippen molar-refractivity contribution >= 4 is 40.9 Å². The van der Waals surface area contributed by atoms with Gasteiger partial charge < -0.3 is 53.8 Å². The smallest absolute Gasteiger partial charge is 0.408 e. The second-order valence-corrected chi connectivity index (χ2v) is 19.9. The number of hydrogen-bond acceptors (Lipinski definition) is 16. The van der Waals surface area contributed by atoms with Gasteiger partial charge in [-0.2, -0.15) is 0 Å². The van der Waals surface area contributed by atoms with Crippen LogP contribution in [-0.2, 0) is 47.5 Å². The second-order valence-electron chi connectivity index (χ2n) is 18.7. The van der Waals surface area contributed by atoms with Gasteiger partial charge in [-0.1, -0.05) is 81.4 Å². The quantitative estimate of drug-likeness (QED) is 0.0873. The molecule has 4 aliphatic rings. The van der Waals surface area contributed by atoms with Gasteiger partial charge in [-0.05, 0) is 63.1 Å². The third-order valence-electron chi connectivity index (χ3n) is 13.4. The number of alkyl carbamates (subject to hydrolysis) is 1. The molecule has 2 aromatic rings. The maximum absolute atomic E-state index is 15.9. The van der Waals surface area contributed by atoms with E-state index in [-0.39, 0.29) is 24.2 Å². The van der Waals surface area contributed by atoms with Crippen LogP contribution >= 0.6 is 11.8 Å². The van der Waals surface area contributed by atoms with Gasteiger partial charge in [0, 0.05) is 49.5 Å². The lowest BCUT2D eigenvalue weighted by Gasteiger charge is -2.68. The zero-order chi connectivity index (χ0) is 47.2. The first-order valence-corrected chi connectivity index (χ1v) is 22.4. The van der Waals surface area contributed by atoms with E-state index >= 15 is 4.79 Å². The molecule has 1 saturated heterocycles. The molecule has 1 unspecified atom stereocenters. The zero-order valence-electron chi connectivity index (χ0n) is 37.9. The minimum absolute atomic E-state index is 0.0543. The van der Waals surface area contributed by atoms with Crippen molar-refractivity contribution in [1.82, 2.24) is 5.32 Å². The van der Waals surface area contributed by atoms with Crippen LogP contribution in [0.2, 0.25) is 0 Å². The van der Waals surface area contributed by atoms with Gasteiger partial charge in [0.15, 0.2) is 29.9 Å². The molecule has 0 radical (unpaired) electrons. The van der Waals surface area contributed by atoms with Crippen LogP contribution < -0.4 is 5.32 Å². The Morgan fingerprint density at radius 2 is 1.58 bits per heavy atom. The van der Waals surface area contributed by atoms with Crippen LogP contribution in [0.15, 0.2) is 71.8 Å². The van der Waals surface area contributed by atoms with Crippen LogP contribution in [0, 0.1) is 16.7 Å². The van der Waals surface area contributed by atoms with E-state index in [0.29, 0.717) is 16.9 Å². The number of thioether (sulfide) groups is 1. The van der Waals surface area contributed by atoms with E-state index < -0.39 is 118 Å². The average molecular weight is 912 g/mol. The molecule has 6 rings (SSSR count). The van der Waals surface area contributed by atoms with Crippen LogP contribution in [0.25, 0.3) is 0 Å². The van der Waals surface area contributed by atoms with Crippen molar-refractivity contribution in [3.63, 3.8) is 0 Å². The summed E-state index contributed by atoms with van der Waals surface area (Å²) in [6.07, 6.45) is -11.8. The number of amides is 1. The molecule has 3 fully saturated rings. The fraction of sp³-hybridized carbons (Fsp3) is 0.596. The number of hydrogen-bond donors (Lipinski definition) is 4. The minimum atomic E-state index is -2.29. The van der Waals surface area contributed by atoms with E-state index in [1.54, 1.807) is 116 Å². The van der Waals surface area contributed by atoms with Crippen molar-refractivity contribution in [2.75, 3.05) is 19.5 Å². The van der Waals surface area contributed by atoms with Crippen molar-refractivity contribution in [3.8, 4) is 0 Å². The second kappa shape index (κ2) is 18.5. The molecule has 1 amide bonds. The summed E-state index contributed by atoms with van der Waals surface area (Å²) in [6.45, 7) is 14.1. The van der Waals surface area contributed by atoms with E-state index in [9.17, 15) is 34.5 Å². The number of benzene rings is 2. The van der Waals surface area contributed by atoms with Crippen molar-refractivity contribution in [2.45, 2.75) is 141 Å². The highest BCUT2D eigenvalue weighted by Gasteiger charge is 2.78. The highest BCUT2D eigenvalue weighted by atomic mass is 32.2. The van der Waals surface area contributed by atoms with Gasteiger partial charge in [0.1, 0.15) is 23.4 Å². The molecule has 16 nitrogen and oxygen atoms in total. The Kier molecular flexibility index (Phi) is 14.2. The van der Waals surface area contributed by atoms with Crippen LogP contribution in [0.5, 0.6) is 0 Å². The van der Waals surface area contributed by atoms with Gasteiger partial charge in [-0.3, -0.25) is 9.59 Å². The Bertz CT molecular complexity index is 2110. The largest absolute Gasteiger partial charge is 0.456 e. The van der Waals surface area contributed by atoms with E-state index in [1.165, 1.54) is 14.0 Å². The fourth-order valence-electron chi connectivity index (χ4n) is 10.3. The number of fused-ring (bicyclic) bond motifs is 5. The van der Waals surface area contributed by atoms with Gasteiger partial charge in [-0.15, -0.1) is 0 Å². The number of carbonyl (C=O) groups excluding carboxylic acids is 5. The van der Waals surface area contributed by atoms with E-state index in [4.69, 9.17) is 33.2 Å². The summed E-state index contributed by atoms with van der Waals surface area (Å²) in [4.78, 5) is 70.2. The van der Waals surface area contributed by atoms with Crippen molar-refractivity contribution in [1.29, 1.82) is 0 Å². The number of nitrogens with one attached hydrogen (secondary N) is 1. The van der Waals surface area contributed by atoms with Gasteiger partial charge in [-0.25, -0.2) is 14.4 Å². The van der Waals surface area contributed by atoms with E-state index in [2.05, 4.69) is 5.32 Å². The number of ketones is 1. The highest BCUT2D eigenvalue weighted by molar-refractivity contribution is 8.13. The summed E-state index contributed by atoms with van der Waals surface area (Å²) in [7, 11) is 1.41. The average Bonchev–Trinajstić information content (AvgIpc) is 3.22. The molecule has 2 bridgehead atoms. The molecular formula is C47H61NO15S.